The van der Waals surface area contributed by atoms with Gasteiger partial charge in [-0.05, 0) is 63.1 Å². The topological polar surface area (TPSA) is 74.4 Å². The van der Waals surface area contributed by atoms with Crippen molar-refractivity contribution >= 4 is 11.8 Å². The van der Waals surface area contributed by atoms with Crippen molar-refractivity contribution in [1.82, 2.24) is 15.2 Å². The van der Waals surface area contributed by atoms with E-state index in [1.807, 2.05) is 81.4 Å². The van der Waals surface area contributed by atoms with Gasteiger partial charge in [0.25, 0.3) is 5.91 Å². The van der Waals surface area contributed by atoms with Gasteiger partial charge >= 0.3 is 0 Å². The molecule has 0 saturated carbocycles. The van der Waals surface area contributed by atoms with E-state index in [0.29, 0.717) is 12.2 Å². The number of amides is 2. The van der Waals surface area contributed by atoms with E-state index in [-0.39, 0.29) is 11.8 Å². The van der Waals surface area contributed by atoms with Crippen LogP contribution in [0.3, 0.4) is 0 Å². The Kier molecular flexibility index (Phi) is 7.03. The molecule has 1 aromatic heterocycles. The van der Waals surface area contributed by atoms with Crippen molar-refractivity contribution in [2.24, 2.45) is 0 Å². The summed E-state index contributed by atoms with van der Waals surface area (Å²) in [7, 11) is 1.61. The number of hydrogen-bond donors (Lipinski definition) is 2. The second-order valence-electron chi connectivity index (χ2n) is 8.85. The van der Waals surface area contributed by atoms with Gasteiger partial charge in [0, 0.05) is 17.8 Å². The number of aromatic nitrogens is 1. The molecule has 3 aromatic rings. The Bertz CT molecular complexity index is 1050. The Morgan fingerprint density at radius 1 is 1.00 bits per heavy atom. The van der Waals surface area contributed by atoms with E-state index < -0.39 is 11.6 Å². The molecule has 0 aliphatic carbocycles. The van der Waals surface area contributed by atoms with Gasteiger partial charge in [-0.1, -0.05) is 42.5 Å². The molecule has 0 bridgehead atoms. The number of benzene rings is 2. The van der Waals surface area contributed by atoms with Crippen LogP contribution in [0.25, 0.3) is 11.3 Å². The largest absolute Gasteiger partial charge is 0.497 e. The molecule has 2 aromatic carbocycles. The third kappa shape index (κ3) is 5.78. The monoisotopic (exact) mass is 433 g/mol. The summed E-state index contributed by atoms with van der Waals surface area (Å²) in [6, 6.07) is 20.3. The molecule has 0 aliphatic rings. The van der Waals surface area contributed by atoms with Crippen molar-refractivity contribution in [2.75, 3.05) is 7.11 Å². The van der Waals surface area contributed by atoms with Crippen LogP contribution in [0, 0.1) is 0 Å². The van der Waals surface area contributed by atoms with Gasteiger partial charge in [-0.15, -0.1) is 0 Å². The third-order valence-corrected chi connectivity index (χ3v) is 5.12. The predicted octanol–water partition coefficient (Wildman–Crippen LogP) is 4.64. The Balaban J connectivity index is 1.89. The maximum absolute atomic E-state index is 13.5. The quantitative estimate of drug-likeness (QED) is 0.570. The maximum Gasteiger partial charge on any atom is 0.271 e. The standard InChI is InChI=1S/C26H31N3O3/c1-18(24(30)28-26(2,3)4)29(17-19-11-13-21(32-5)14-12-19)25(31)23-16-15-22(27-23)20-9-7-6-8-10-20/h6-16,18,27H,17H2,1-5H3,(H,28,30). The summed E-state index contributed by atoms with van der Waals surface area (Å²) in [6.07, 6.45) is 0. The van der Waals surface area contributed by atoms with E-state index >= 15 is 0 Å². The molecule has 1 atom stereocenters. The Morgan fingerprint density at radius 2 is 1.66 bits per heavy atom. The lowest BCUT2D eigenvalue weighted by Crippen LogP contribution is -2.52. The highest BCUT2D eigenvalue weighted by Gasteiger charge is 2.29. The van der Waals surface area contributed by atoms with Crippen LogP contribution in [0.4, 0.5) is 0 Å². The number of carbonyl (C=O) groups is 2. The van der Waals surface area contributed by atoms with Crippen LogP contribution in [0.1, 0.15) is 43.7 Å². The zero-order valence-corrected chi connectivity index (χ0v) is 19.3. The number of carbonyl (C=O) groups excluding carboxylic acids is 2. The first-order chi connectivity index (χ1) is 15.2. The zero-order chi connectivity index (χ0) is 23.3. The molecule has 1 unspecified atom stereocenters. The predicted molar refractivity (Wildman–Crippen MR) is 126 cm³/mol. The van der Waals surface area contributed by atoms with Gasteiger partial charge in [0.2, 0.25) is 5.91 Å². The van der Waals surface area contributed by atoms with Crippen molar-refractivity contribution < 1.29 is 14.3 Å². The average molecular weight is 434 g/mol. The van der Waals surface area contributed by atoms with Crippen LogP contribution in [-0.4, -0.2) is 40.4 Å². The van der Waals surface area contributed by atoms with Gasteiger partial charge in [0.15, 0.2) is 0 Å². The molecular weight excluding hydrogens is 402 g/mol. The highest BCUT2D eigenvalue weighted by atomic mass is 16.5. The number of nitrogens with zero attached hydrogens (tertiary/aromatic N) is 1. The average Bonchev–Trinajstić information content (AvgIpc) is 3.27. The Hall–Kier alpha value is -3.54. The Labute approximate surface area is 189 Å². The molecule has 0 fully saturated rings. The molecule has 0 saturated heterocycles. The fraction of sp³-hybridized carbons (Fsp3) is 0.308. The summed E-state index contributed by atoms with van der Waals surface area (Å²) in [6.45, 7) is 7.81. The number of H-pyrrole nitrogens is 1. The molecule has 0 spiro atoms. The number of hydrogen-bond acceptors (Lipinski definition) is 3. The number of nitrogens with one attached hydrogen (secondary N) is 2. The first kappa shape index (κ1) is 23.1. The summed E-state index contributed by atoms with van der Waals surface area (Å²) < 4.78 is 5.23. The molecule has 6 nitrogen and oxygen atoms in total. The van der Waals surface area contributed by atoms with E-state index in [4.69, 9.17) is 4.74 Å². The van der Waals surface area contributed by atoms with Crippen LogP contribution >= 0.6 is 0 Å². The molecular formula is C26H31N3O3. The SMILES string of the molecule is COc1ccc(CN(C(=O)c2ccc(-c3ccccc3)[nH]2)C(C)C(=O)NC(C)(C)C)cc1. The summed E-state index contributed by atoms with van der Waals surface area (Å²) in [5.41, 5.74) is 2.79. The van der Waals surface area contributed by atoms with Crippen molar-refractivity contribution in [3.05, 3.63) is 78.0 Å². The molecule has 32 heavy (non-hydrogen) atoms. The van der Waals surface area contributed by atoms with Crippen molar-refractivity contribution in [3.8, 4) is 17.0 Å². The van der Waals surface area contributed by atoms with Gasteiger partial charge in [-0.3, -0.25) is 9.59 Å². The number of methoxy groups -OCH3 is 1. The molecule has 2 N–H and O–H groups in total. The van der Waals surface area contributed by atoms with Crippen LogP contribution in [0.5, 0.6) is 5.75 Å². The highest BCUT2D eigenvalue weighted by molar-refractivity contribution is 5.97. The van der Waals surface area contributed by atoms with E-state index in [1.165, 1.54) is 0 Å². The minimum atomic E-state index is -0.660. The fourth-order valence-electron chi connectivity index (χ4n) is 3.39. The minimum absolute atomic E-state index is 0.200. The lowest BCUT2D eigenvalue weighted by atomic mass is 10.1. The molecule has 0 radical (unpaired) electrons. The second-order valence-corrected chi connectivity index (χ2v) is 8.85. The first-order valence-electron chi connectivity index (χ1n) is 10.7. The fourth-order valence-corrected chi connectivity index (χ4v) is 3.39. The smallest absolute Gasteiger partial charge is 0.271 e. The molecule has 2 amide bonds. The van der Waals surface area contributed by atoms with Crippen LogP contribution in [0.15, 0.2) is 66.7 Å². The second kappa shape index (κ2) is 9.73. The number of aromatic amines is 1. The van der Waals surface area contributed by atoms with E-state index in [1.54, 1.807) is 25.0 Å². The lowest BCUT2D eigenvalue weighted by Gasteiger charge is -2.31. The van der Waals surface area contributed by atoms with E-state index in [2.05, 4.69) is 10.3 Å². The van der Waals surface area contributed by atoms with Gasteiger partial charge in [-0.2, -0.15) is 0 Å². The summed E-state index contributed by atoms with van der Waals surface area (Å²) in [5.74, 6) is 0.302. The molecule has 0 aliphatic heterocycles. The molecule has 168 valence electrons. The van der Waals surface area contributed by atoms with Gasteiger partial charge in [0.05, 0.1) is 7.11 Å². The summed E-state index contributed by atoms with van der Waals surface area (Å²) in [5, 5.41) is 2.98. The van der Waals surface area contributed by atoms with E-state index in [9.17, 15) is 9.59 Å². The van der Waals surface area contributed by atoms with Crippen LogP contribution in [0.2, 0.25) is 0 Å². The lowest BCUT2D eigenvalue weighted by molar-refractivity contribution is -0.126. The first-order valence-corrected chi connectivity index (χ1v) is 10.7. The number of rotatable bonds is 7. The van der Waals surface area contributed by atoms with Crippen LogP contribution in [-0.2, 0) is 11.3 Å². The van der Waals surface area contributed by atoms with Gasteiger partial charge in [-0.25, -0.2) is 0 Å². The zero-order valence-electron chi connectivity index (χ0n) is 19.3. The minimum Gasteiger partial charge on any atom is -0.497 e. The molecule has 1 heterocycles. The van der Waals surface area contributed by atoms with E-state index in [0.717, 1.165) is 22.6 Å². The Morgan fingerprint density at radius 3 is 2.25 bits per heavy atom. The normalized spacial score (nSPS) is 12.2. The van der Waals surface area contributed by atoms with Crippen molar-refractivity contribution in [1.29, 1.82) is 0 Å². The summed E-state index contributed by atoms with van der Waals surface area (Å²) >= 11 is 0. The van der Waals surface area contributed by atoms with Gasteiger partial charge in [0.1, 0.15) is 17.5 Å². The maximum atomic E-state index is 13.5. The third-order valence-electron chi connectivity index (χ3n) is 5.12. The highest BCUT2D eigenvalue weighted by Crippen LogP contribution is 2.21. The van der Waals surface area contributed by atoms with Crippen LogP contribution < -0.4 is 10.1 Å². The van der Waals surface area contributed by atoms with Crippen molar-refractivity contribution in [3.63, 3.8) is 0 Å². The molecule has 6 heteroatoms. The van der Waals surface area contributed by atoms with Crippen molar-refractivity contribution in [2.45, 2.75) is 45.8 Å². The van der Waals surface area contributed by atoms with Gasteiger partial charge < -0.3 is 19.9 Å². The summed E-state index contributed by atoms with van der Waals surface area (Å²) in [4.78, 5) is 31.2. The molecule has 3 rings (SSSR count). The number of ether oxygens (including phenoxy) is 1.